The van der Waals surface area contributed by atoms with Crippen LogP contribution in [0.2, 0.25) is 0 Å². The van der Waals surface area contributed by atoms with Gasteiger partial charge in [0.2, 0.25) is 0 Å². The molecule has 3 aliphatic carbocycles. The van der Waals surface area contributed by atoms with Gasteiger partial charge < -0.3 is 4.57 Å². The minimum Gasteiger partial charge on any atom is -0.313 e. The predicted octanol–water partition coefficient (Wildman–Crippen LogP) is 12.2. The molecule has 0 saturated carbocycles. The highest BCUT2D eigenvalue weighted by Gasteiger charge is 2.31. The topological polar surface area (TPSA) is 4.93 Å². The third-order valence-electron chi connectivity index (χ3n) is 10.3. The number of hydrogen-bond acceptors (Lipinski definition) is 0. The Morgan fingerprint density at radius 1 is 0.633 bits per heavy atom. The Kier molecular flexibility index (Phi) is 7.52. The number of rotatable bonds is 6. The van der Waals surface area contributed by atoms with Gasteiger partial charge in [-0.15, -0.1) is 0 Å². The summed E-state index contributed by atoms with van der Waals surface area (Å²) in [6.45, 7) is 0. The molecule has 6 aromatic rings. The monoisotopic (exact) mass is 627 g/mol. The second-order valence-corrected chi connectivity index (χ2v) is 13.2. The molecule has 1 heteroatoms. The van der Waals surface area contributed by atoms with Crippen molar-refractivity contribution in [2.45, 2.75) is 12.8 Å². The molecule has 1 aromatic heterocycles. The SMILES string of the molecule is C1=CC2C(/C(=C\c3ccccc3)c3ccccc3)=CC=C(c3cccc(-c4ccc5c(c4)c4c(n5-c5ccccc5)CCC=C4)c3)C2C=C1. The van der Waals surface area contributed by atoms with Crippen LogP contribution in [0.15, 0.2) is 182 Å². The molecule has 0 aliphatic heterocycles. The van der Waals surface area contributed by atoms with Crippen molar-refractivity contribution in [2.24, 2.45) is 11.8 Å². The van der Waals surface area contributed by atoms with Crippen LogP contribution in [0, 0.1) is 11.8 Å². The lowest BCUT2D eigenvalue weighted by Gasteiger charge is -2.33. The summed E-state index contributed by atoms with van der Waals surface area (Å²) >= 11 is 0. The fraction of sp³-hybridized carbons (Fsp3) is 0.0833. The van der Waals surface area contributed by atoms with Gasteiger partial charge in [-0.25, -0.2) is 0 Å². The number of hydrogen-bond donors (Lipinski definition) is 0. The van der Waals surface area contributed by atoms with E-state index in [1.165, 1.54) is 72.4 Å². The van der Waals surface area contributed by atoms with E-state index < -0.39 is 0 Å². The Morgan fingerprint density at radius 3 is 2.16 bits per heavy atom. The first kappa shape index (κ1) is 29.2. The zero-order valence-corrected chi connectivity index (χ0v) is 27.4. The van der Waals surface area contributed by atoms with Gasteiger partial charge in [-0.1, -0.05) is 152 Å². The van der Waals surface area contributed by atoms with E-state index in [0.29, 0.717) is 0 Å². The zero-order valence-electron chi connectivity index (χ0n) is 27.4. The molecule has 0 spiro atoms. The summed E-state index contributed by atoms with van der Waals surface area (Å²) in [5.74, 6) is 0.499. The average molecular weight is 628 g/mol. The van der Waals surface area contributed by atoms with Crippen LogP contribution in [0.4, 0.5) is 0 Å². The smallest absolute Gasteiger partial charge is 0.0538 e. The summed E-state index contributed by atoms with van der Waals surface area (Å²) in [4.78, 5) is 0. The van der Waals surface area contributed by atoms with Gasteiger partial charge in [0, 0.05) is 34.2 Å². The minimum atomic E-state index is 0.247. The van der Waals surface area contributed by atoms with Crippen molar-refractivity contribution < 1.29 is 0 Å². The summed E-state index contributed by atoms with van der Waals surface area (Å²) in [6.07, 6.45) is 23.1. The molecule has 2 unspecified atom stereocenters. The first-order valence-corrected chi connectivity index (χ1v) is 17.4. The summed E-state index contributed by atoms with van der Waals surface area (Å²) in [5.41, 5.74) is 15.5. The second kappa shape index (κ2) is 12.6. The molecule has 9 rings (SSSR count). The van der Waals surface area contributed by atoms with Crippen LogP contribution >= 0.6 is 0 Å². The fourth-order valence-corrected chi connectivity index (χ4v) is 7.98. The first-order valence-electron chi connectivity index (χ1n) is 17.4. The molecular formula is C48H37N. The lowest BCUT2D eigenvalue weighted by atomic mass is 9.70. The van der Waals surface area contributed by atoms with Crippen molar-refractivity contribution in [1.82, 2.24) is 4.57 Å². The van der Waals surface area contributed by atoms with Crippen LogP contribution in [0.3, 0.4) is 0 Å². The van der Waals surface area contributed by atoms with Gasteiger partial charge in [0.25, 0.3) is 0 Å². The van der Waals surface area contributed by atoms with Gasteiger partial charge in [0.15, 0.2) is 0 Å². The molecule has 0 N–H and O–H groups in total. The molecule has 1 nitrogen and oxygen atoms in total. The Morgan fingerprint density at radius 2 is 1.35 bits per heavy atom. The van der Waals surface area contributed by atoms with Crippen LogP contribution < -0.4 is 0 Å². The number of aromatic nitrogens is 1. The van der Waals surface area contributed by atoms with E-state index in [4.69, 9.17) is 0 Å². The van der Waals surface area contributed by atoms with E-state index in [-0.39, 0.29) is 11.8 Å². The molecule has 49 heavy (non-hydrogen) atoms. The van der Waals surface area contributed by atoms with Gasteiger partial charge in [0.05, 0.1) is 5.52 Å². The summed E-state index contributed by atoms with van der Waals surface area (Å²) in [5, 5.41) is 1.32. The van der Waals surface area contributed by atoms with Crippen LogP contribution in [-0.4, -0.2) is 4.57 Å². The lowest BCUT2D eigenvalue weighted by molar-refractivity contribution is 0.656. The van der Waals surface area contributed by atoms with E-state index >= 15 is 0 Å². The number of benzene rings is 5. The van der Waals surface area contributed by atoms with Gasteiger partial charge >= 0.3 is 0 Å². The third kappa shape index (κ3) is 5.38. The first-order chi connectivity index (χ1) is 24.3. The van der Waals surface area contributed by atoms with E-state index in [1.807, 2.05) is 0 Å². The van der Waals surface area contributed by atoms with Gasteiger partial charge in [-0.2, -0.15) is 0 Å². The standard InChI is InChI=1S/C48H37N/c1-4-15-34(16-5-1)31-45(35-17-6-2-7-18-35)43-29-28-40(41-23-10-11-24-42(41)43)38-20-14-19-36(32-38)37-27-30-48-46(33-37)44-25-12-13-26-47(44)49(48)39-21-8-3-9-22-39/h1-12,14-25,27-33,41-42H,13,26H2/b45-31-. The van der Waals surface area contributed by atoms with Crippen LogP contribution in [0.1, 0.15) is 34.4 Å². The normalized spacial score (nSPS) is 18.2. The quantitative estimate of drug-likeness (QED) is 0.162. The van der Waals surface area contributed by atoms with E-state index in [9.17, 15) is 0 Å². The van der Waals surface area contributed by atoms with Gasteiger partial charge in [-0.3, -0.25) is 0 Å². The molecule has 5 aromatic carbocycles. The van der Waals surface area contributed by atoms with Gasteiger partial charge in [-0.05, 0) is 93.8 Å². The van der Waals surface area contributed by atoms with Gasteiger partial charge in [0.1, 0.15) is 0 Å². The largest absolute Gasteiger partial charge is 0.313 e. The Bertz CT molecular complexity index is 2360. The van der Waals surface area contributed by atoms with Crippen molar-refractivity contribution in [3.05, 3.63) is 210 Å². The van der Waals surface area contributed by atoms with Crippen molar-refractivity contribution in [3.8, 4) is 16.8 Å². The number of fused-ring (bicyclic) bond motifs is 4. The Labute approximate surface area is 288 Å². The van der Waals surface area contributed by atoms with E-state index in [1.54, 1.807) is 0 Å². The van der Waals surface area contributed by atoms with Crippen molar-refractivity contribution in [1.29, 1.82) is 0 Å². The average Bonchev–Trinajstić information content (AvgIpc) is 3.51. The minimum absolute atomic E-state index is 0.247. The summed E-state index contributed by atoms with van der Waals surface area (Å²) in [7, 11) is 0. The second-order valence-electron chi connectivity index (χ2n) is 13.2. The maximum absolute atomic E-state index is 2.46. The maximum atomic E-state index is 2.46. The van der Waals surface area contributed by atoms with Crippen molar-refractivity contribution in [2.75, 3.05) is 0 Å². The molecule has 0 saturated heterocycles. The molecule has 234 valence electrons. The lowest BCUT2D eigenvalue weighted by Crippen LogP contribution is -2.20. The fourth-order valence-electron chi connectivity index (χ4n) is 7.98. The van der Waals surface area contributed by atoms with Crippen molar-refractivity contribution in [3.63, 3.8) is 0 Å². The highest BCUT2D eigenvalue weighted by molar-refractivity contribution is 5.97. The predicted molar refractivity (Wildman–Crippen MR) is 208 cm³/mol. The molecule has 1 heterocycles. The maximum Gasteiger partial charge on any atom is 0.0538 e. The molecule has 3 aliphatic rings. The van der Waals surface area contributed by atoms with E-state index in [0.717, 1.165) is 12.8 Å². The molecule has 0 bridgehead atoms. The zero-order chi connectivity index (χ0) is 32.6. The van der Waals surface area contributed by atoms with Crippen LogP contribution in [-0.2, 0) is 6.42 Å². The van der Waals surface area contributed by atoms with Crippen LogP contribution in [0.5, 0.6) is 0 Å². The van der Waals surface area contributed by atoms with Crippen LogP contribution in [0.25, 0.3) is 51.0 Å². The number of nitrogens with zero attached hydrogens (tertiary/aromatic N) is 1. The summed E-state index contributed by atoms with van der Waals surface area (Å²) < 4.78 is 2.46. The number of para-hydroxylation sites is 1. The Hall–Kier alpha value is -5.92. The molecule has 0 fully saturated rings. The third-order valence-corrected chi connectivity index (χ3v) is 10.3. The molecule has 2 atom stereocenters. The highest BCUT2D eigenvalue weighted by Crippen LogP contribution is 2.46. The van der Waals surface area contributed by atoms with E-state index in [2.05, 4.69) is 193 Å². The van der Waals surface area contributed by atoms with Crippen molar-refractivity contribution >= 4 is 34.2 Å². The molecule has 0 amide bonds. The highest BCUT2D eigenvalue weighted by atomic mass is 15.0. The number of allylic oxidation sites excluding steroid dienone is 10. The molecule has 0 radical (unpaired) electrons. The summed E-state index contributed by atoms with van der Waals surface area (Å²) in [6, 6.07) is 48.5. The Balaban J connectivity index is 1.13. The molecular weight excluding hydrogens is 591 g/mol.